The van der Waals surface area contributed by atoms with Crippen LogP contribution in [-0.4, -0.2) is 40.6 Å². The lowest BCUT2D eigenvalue weighted by atomic mass is 9.94. The number of carbonyl (C=O) groups is 2. The summed E-state index contributed by atoms with van der Waals surface area (Å²) in [4.78, 5) is 22.2. The first kappa shape index (κ1) is 12.8. The van der Waals surface area contributed by atoms with Crippen molar-refractivity contribution >= 4 is 11.9 Å². The molecule has 7 heteroatoms. The van der Waals surface area contributed by atoms with Crippen LogP contribution in [-0.2, 0) is 9.59 Å². The van der Waals surface area contributed by atoms with E-state index in [2.05, 4.69) is 0 Å². The average molecular weight is 239 g/mol. The maximum atomic E-state index is 12.2. The Hall–Kier alpha value is -1.27. The van der Waals surface area contributed by atoms with Crippen molar-refractivity contribution in [3.63, 3.8) is 0 Å². The van der Waals surface area contributed by atoms with Crippen LogP contribution in [0.15, 0.2) is 0 Å². The minimum Gasteiger partial charge on any atom is -0.480 e. The van der Waals surface area contributed by atoms with Gasteiger partial charge in [0.15, 0.2) is 0 Å². The minimum atomic E-state index is -5.01. The number of piperidine rings is 1. The number of likely N-dealkylation sites (tertiary alicyclic amines) is 1. The number of carbonyl (C=O) groups excluding carboxylic acids is 1. The maximum Gasteiger partial charge on any atom is 0.471 e. The highest BCUT2D eigenvalue weighted by atomic mass is 19.4. The highest BCUT2D eigenvalue weighted by Gasteiger charge is 2.47. The quantitative estimate of drug-likeness (QED) is 0.749. The molecule has 0 unspecified atom stereocenters. The van der Waals surface area contributed by atoms with Crippen LogP contribution in [0.5, 0.6) is 0 Å². The van der Waals surface area contributed by atoms with E-state index in [1.165, 1.54) is 0 Å². The molecule has 1 aliphatic heterocycles. The molecule has 4 nitrogen and oxygen atoms in total. The fourth-order valence-corrected chi connectivity index (χ4v) is 1.80. The number of rotatable bonds is 1. The van der Waals surface area contributed by atoms with Crippen LogP contribution in [0.1, 0.15) is 19.8 Å². The van der Waals surface area contributed by atoms with Gasteiger partial charge in [0.2, 0.25) is 0 Å². The Morgan fingerprint density at radius 2 is 1.88 bits per heavy atom. The fraction of sp³-hybridized carbons (Fsp3) is 0.778. The summed E-state index contributed by atoms with van der Waals surface area (Å²) in [6.07, 6.45) is -4.43. The van der Waals surface area contributed by atoms with Crippen molar-refractivity contribution < 1.29 is 27.9 Å². The van der Waals surface area contributed by atoms with E-state index in [-0.39, 0.29) is 18.9 Å². The van der Waals surface area contributed by atoms with Gasteiger partial charge < -0.3 is 10.0 Å². The van der Waals surface area contributed by atoms with E-state index in [1.54, 1.807) is 6.92 Å². The molecule has 16 heavy (non-hydrogen) atoms. The second-order valence-electron chi connectivity index (χ2n) is 3.99. The van der Waals surface area contributed by atoms with E-state index < -0.39 is 24.1 Å². The van der Waals surface area contributed by atoms with Crippen LogP contribution in [0.4, 0.5) is 13.2 Å². The van der Waals surface area contributed by atoms with E-state index in [1.807, 2.05) is 0 Å². The van der Waals surface area contributed by atoms with Crippen molar-refractivity contribution in [2.45, 2.75) is 32.0 Å². The molecule has 0 aliphatic carbocycles. The number of aliphatic carboxylic acids is 1. The maximum absolute atomic E-state index is 12.2. The smallest absolute Gasteiger partial charge is 0.471 e. The van der Waals surface area contributed by atoms with Gasteiger partial charge >= 0.3 is 18.1 Å². The molecule has 2 atom stereocenters. The monoisotopic (exact) mass is 239 g/mol. The highest BCUT2D eigenvalue weighted by Crippen LogP contribution is 2.27. The summed E-state index contributed by atoms with van der Waals surface area (Å²) in [5.41, 5.74) is 0. The predicted molar refractivity (Wildman–Crippen MR) is 47.6 cm³/mol. The highest BCUT2D eigenvalue weighted by molar-refractivity contribution is 5.87. The molecule has 0 aromatic heterocycles. The third-order valence-electron chi connectivity index (χ3n) is 2.61. The summed E-state index contributed by atoms with van der Waals surface area (Å²) < 4.78 is 36.6. The van der Waals surface area contributed by atoms with Gasteiger partial charge in [-0.15, -0.1) is 0 Å². The molecule has 1 heterocycles. The number of hydrogen-bond donors (Lipinski definition) is 1. The van der Waals surface area contributed by atoms with E-state index in [9.17, 15) is 22.8 Å². The van der Waals surface area contributed by atoms with E-state index >= 15 is 0 Å². The number of nitrogens with zero attached hydrogens (tertiary/aromatic N) is 1. The van der Waals surface area contributed by atoms with Gasteiger partial charge in [0.05, 0.1) is 0 Å². The van der Waals surface area contributed by atoms with E-state index in [0.717, 1.165) is 0 Å². The molecule has 1 saturated heterocycles. The largest absolute Gasteiger partial charge is 0.480 e. The standard InChI is InChI=1S/C9H12F3NO3/c1-5-2-3-6(7(14)15)13(4-5)8(16)9(10,11)12/h5-6H,2-4H2,1H3,(H,14,15)/t5-,6+/m1/s1. The Balaban J connectivity index is 2.87. The van der Waals surface area contributed by atoms with Crippen molar-refractivity contribution in [1.82, 2.24) is 4.90 Å². The molecule has 0 spiro atoms. The van der Waals surface area contributed by atoms with Crippen molar-refractivity contribution in [2.24, 2.45) is 5.92 Å². The lowest BCUT2D eigenvalue weighted by molar-refractivity contribution is -0.192. The zero-order chi connectivity index (χ0) is 12.5. The third kappa shape index (κ3) is 2.65. The molecule has 0 aromatic rings. The van der Waals surface area contributed by atoms with Crippen LogP contribution in [0.3, 0.4) is 0 Å². The van der Waals surface area contributed by atoms with Crippen molar-refractivity contribution in [3.8, 4) is 0 Å². The predicted octanol–water partition coefficient (Wildman–Crippen LogP) is 1.26. The minimum absolute atomic E-state index is 0.0678. The second-order valence-corrected chi connectivity index (χ2v) is 3.99. The topological polar surface area (TPSA) is 57.6 Å². The number of carboxylic acids is 1. The van der Waals surface area contributed by atoms with Gasteiger partial charge in [-0.05, 0) is 18.8 Å². The molecule has 1 rings (SSSR count). The molecule has 1 N–H and O–H groups in total. The van der Waals surface area contributed by atoms with Crippen LogP contribution in [0, 0.1) is 5.92 Å². The molecule has 0 saturated carbocycles. The first-order chi connectivity index (χ1) is 7.23. The lowest BCUT2D eigenvalue weighted by Crippen LogP contribution is -2.54. The molecule has 0 bridgehead atoms. The van der Waals surface area contributed by atoms with Gasteiger partial charge in [-0.2, -0.15) is 13.2 Å². The van der Waals surface area contributed by atoms with Crippen LogP contribution >= 0.6 is 0 Å². The van der Waals surface area contributed by atoms with Crippen LogP contribution in [0.25, 0.3) is 0 Å². The normalized spacial score (nSPS) is 26.6. The molecule has 1 aliphatic rings. The van der Waals surface area contributed by atoms with Gasteiger partial charge in [-0.25, -0.2) is 4.79 Å². The summed E-state index contributed by atoms with van der Waals surface area (Å²) in [5.74, 6) is -3.56. The molecular weight excluding hydrogens is 227 g/mol. The van der Waals surface area contributed by atoms with Crippen LogP contribution < -0.4 is 0 Å². The number of hydrogen-bond acceptors (Lipinski definition) is 2. The average Bonchev–Trinajstić information content (AvgIpc) is 2.14. The lowest BCUT2D eigenvalue weighted by Gasteiger charge is -2.36. The van der Waals surface area contributed by atoms with Gasteiger partial charge in [-0.1, -0.05) is 6.92 Å². The Morgan fingerprint density at radius 3 is 2.31 bits per heavy atom. The Bertz CT molecular complexity index is 303. The molecule has 0 radical (unpaired) electrons. The van der Waals surface area contributed by atoms with Gasteiger partial charge in [-0.3, -0.25) is 4.79 Å². The Kier molecular flexibility index (Phi) is 3.44. The van der Waals surface area contributed by atoms with Gasteiger partial charge in [0, 0.05) is 6.54 Å². The van der Waals surface area contributed by atoms with E-state index in [4.69, 9.17) is 5.11 Å². The summed E-state index contributed by atoms with van der Waals surface area (Å²) in [6, 6.07) is -1.36. The molecule has 1 amide bonds. The van der Waals surface area contributed by atoms with Gasteiger partial charge in [0.1, 0.15) is 6.04 Å². The van der Waals surface area contributed by atoms with Crippen molar-refractivity contribution in [2.75, 3.05) is 6.54 Å². The molecule has 0 aromatic carbocycles. The number of amides is 1. The molecular formula is C9H12F3NO3. The zero-order valence-electron chi connectivity index (χ0n) is 8.62. The zero-order valence-corrected chi connectivity index (χ0v) is 8.62. The van der Waals surface area contributed by atoms with Crippen molar-refractivity contribution in [1.29, 1.82) is 0 Å². The van der Waals surface area contributed by atoms with Gasteiger partial charge in [0.25, 0.3) is 0 Å². The van der Waals surface area contributed by atoms with Crippen molar-refractivity contribution in [3.05, 3.63) is 0 Å². The second kappa shape index (κ2) is 4.31. The SMILES string of the molecule is C[C@@H]1CC[C@@H](C(=O)O)N(C(=O)C(F)(F)F)C1. The third-order valence-corrected chi connectivity index (χ3v) is 2.61. The summed E-state index contributed by atoms with van der Waals surface area (Å²) >= 11 is 0. The summed E-state index contributed by atoms with van der Waals surface area (Å²) in [5, 5.41) is 8.75. The number of alkyl halides is 3. The molecule has 1 fully saturated rings. The number of carboxylic acid groups (broad SMARTS) is 1. The first-order valence-electron chi connectivity index (χ1n) is 4.84. The summed E-state index contributed by atoms with van der Waals surface area (Å²) in [6.45, 7) is 1.53. The summed E-state index contributed by atoms with van der Waals surface area (Å²) in [7, 11) is 0. The first-order valence-corrected chi connectivity index (χ1v) is 4.84. The fourth-order valence-electron chi connectivity index (χ4n) is 1.80. The number of halogens is 3. The Morgan fingerprint density at radius 1 is 1.31 bits per heavy atom. The Labute approximate surface area is 90.0 Å². The molecule has 92 valence electrons. The van der Waals surface area contributed by atoms with Crippen LogP contribution in [0.2, 0.25) is 0 Å². The van der Waals surface area contributed by atoms with E-state index in [0.29, 0.717) is 11.3 Å².